The van der Waals surface area contributed by atoms with Gasteiger partial charge in [0.05, 0.1) is 49.7 Å². The Morgan fingerprint density at radius 2 is 1.11 bits per heavy atom. The van der Waals surface area contributed by atoms with Crippen LogP contribution in [0.5, 0.6) is 0 Å². The number of likely N-dealkylation sites (tertiary alicyclic amines) is 1. The number of nitrogens with zero attached hydrogens (tertiary/aromatic N) is 4. The molecule has 6 rings (SSSR count). The molecule has 0 aromatic rings. The fraction of sp³-hybridized carbons (Fsp3) is 0.873. The van der Waals surface area contributed by atoms with Crippen LogP contribution in [0, 0.1) is 12.5 Å². The number of nitrogens with one attached hydrogen (secondary N) is 3. The van der Waals surface area contributed by atoms with Crippen molar-refractivity contribution >= 4 is 47.4 Å². The van der Waals surface area contributed by atoms with Crippen LogP contribution < -0.4 is 16.0 Å². The van der Waals surface area contributed by atoms with E-state index in [1.165, 1.54) is 0 Å². The molecule has 0 aliphatic carbocycles. The second kappa shape index (κ2) is 69.8. The predicted molar refractivity (Wildman–Crippen MR) is 378 cm³/mol. The molecule has 25 nitrogen and oxygen atoms in total. The van der Waals surface area contributed by atoms with E-state index in [0.717, 1.165) is 143 Å². The SMILES string of the molecule is CC(C)C(=O)N(C)C.CCCC(=O)N(C)C.CCCC(=O)O.CCCC(=O)OCC.CCOC1CC(C)OC(C)C1.CCOC1CCC(=O)NC1.CCOC1CCCN(C)C1=O.CCOC1CCCNC1=O.CCOC1CCNC(=O)C1.CCOC1CCOCC1.[C-]#[N+]CCC. The molecule has 6 atom stereocenters. The van der Waals surface area contributed by atoms with Crippen molar-refractivity contribution in [2.75, 3.05) is 127 Å². The first kappa shape index (κ1) is 99.6. The van der Waals surface area contributed by atoms with Gasteiger partial charge in [-0.3, -0.25) is 38.4 Å². The highest BCUT2D eigenvalue weighted by atomic mass is 16.5. The maximum Gasteiger partial charge on any atom is 0.305 e. The molecule has 566 valence electrons. The quantitative estimate of drug-likeness (QED) is 0.0614. The van der Waals surface area contributed by atoms with Gasteiger partial charge in [0, 0.05) is 152 Å². The molecular formula is C71H139N7O18. The Hall–Kier alpha value is -5.07. The van der Waals surface area contributed by atoms with Crippen molar-refractivity contribution in [1.82, 2.24) is 30.7 Å². The second-order valence-corrected chi connectivity index (χ2v) is 23.6. The number of carbonyl (C=O) groups is 8. The minimum atomic E-state index is -0.711. The molecule has 96 heavy (non-hydrogen) atoms. The van der Waals surface area contributed by atoms with Crippen molar-refractivity contribution in [2.24, 2.45) is 5.92 Å². The van der Waals surface area contributed by atoms with Gasteiger partial charge in [0.25, 0.3) is 5.91 Å². The van der Waals surface area contributed by atoms with E-state index in [-0.39, 0.29) is 71.7 Å². The van der Waals surface area contributed by atoms with E-state index in [1.807, 2.05) is 97.1 Å². The van der Waals surface area contributed by atoms with E-state index < -0.39 is 5.97 Å². The van der Waals surface area contributed by atoms with Gasteiger partial charge in [-0.15, -0.1) is 0 Å². The Morgan fingerprint density at radius 1 is 0.594 bits per heavy atom. The van der Waals surface area contributed by atoms with Gasteiger partial charge >= 0.3 is 11.9 Å². The molecule has 4 N–H and O–H groups in total. The predicted octanol–water partition coefficient (Wildman–Crippen LogP) is 9.87. The average Bonchev–Trinajstić information content (AvgIpc) is 1.63. The number of carboxylic acids is 1. The highest BCUT2D eigenvalue weighted by Crippen LogP contribution is 2.21. The first-order chi connectivity index (χ1) is 45.6. The summed E-state index contributed by atoms with van der Waals surface area (Å²) in [6, 6.07) is 0. The maximum absolute atomic E-state index is 11.3. The third-order valence-corrected chi connectivity index (χ3v) is 13.9. The fourth-order valence-corrected chi connectivity index (χ4v) is 9.18. The van der Waals surface area contributed by atoms with E-state index in [9.17, 15) is 38.4 Å². The number of esters is 1. The first-order valence-electron chi connectivity index (χ1n) is 35.7. The number of rotatable bonds is 21. The zero-order valence-electron chi connectivity index (χ0n) is 63.7. The van der Waals surface area contributed by atoms with Crippen LogP contribution in [0.25, 0.3) is 4.85 Å². The summed E-state index contributed by atoms with van der Waals surface area (Å²) in [4.78, 5) is 93.2. The van der Waals surface area contributed by atoms with E-state index in [0.29, 0.717) is 96.0 Å². The number of aliphatic carboxylic acids is 1. The zero-order valence-corrected chi connectivity index (χ0v) is 63.7. The van der Waals surface area contributed by atoms with Crippen LogP contribution in [0.1, 0.15) is 226 Å². The first-order valence-corrected chi connectivity index (χ1v) is 35.7. The number of carboxylic acid groups (broad SMARTS) is 1. The standard InChI is InChI=1S/C9H18O2.C8H15NO2.3C7H13NO2.C7H14O2.2C6H13NO.C6H12O2.C4H7N.C4H8O2/c1-4-10-9-5-7(2)11-8(3)6-9;1-3-11-7-5-4-6-9(2)8(7)10;1-2-10-6-3-4-8-7(9)5-6;1-2-10-6-3-4-7(9)8-5-6;1-2-10-6-4-3-5-8-7(6)9;1-2-9-7-3-5-8-6-4-7;1-5(2)6(8)7(3)4;1-4-5-6(8)7(2)3;1-3-5-6(7)8-4-2;1-3-4-5-2;1-2-3-4(5)6/h7-9H,4-6H2,1-3H3;7H,3-6H2,1-2H3;3*6H,2-5H2,1H3,(H,8,9);7H,2-6H2,1H3;5H,1-4H3;4-5H2,1-3H3;3-5H2,1-2H3;3-4H2,1H3;2-3H2,1H3,(H,5,6). The Labute approximate surface area is 581 Å². The van der Waals surface area contributed by atoms with Crippen LogP contribution in [-0.4, -0.2) is 243 Å². The zero-order chi connectivity index (χ0) is 74.1. The van der Waals surface area contributed by atoms with Crippen molar-refractivity contribution in [3.63, 3.8) is 0 Å². The number of amides is 6. The lowest BCUT2D eigenvalue weighted by atomic mass is 10.0. The van der Waals surface area contributed by atoms with Gasteiger partial charge < -0.3 is 83.2 Å². The molecule has 6 amide bonds. The molecule has 0 saturated carbocycles. The van der Waals surface area contributed by atoms with E-state index in [1.54, 1.807) is 42.9 Å². The number of piperidine rings is 4. The molecule has 25 heteroatoms. The van der Waals surface area contributed by atoms with Gasteiger partial charge in [0.1, 0.15) is 12.2 Å². The molecule has 6 heterocycles. The molecular weight excluding hydrogens is 1240 g/mol. The van der Waals surface area contributed by atoms with Crippen molar-refractivity contribution in [3.05, 3.63) is 11.4 Å². The maximum atomic E-state index is 11.3. The van der Waals surface area contributed by atoms with Crippen LogP contribution in [0.2, 0.25) is 0 Å². The highest BCUT2D eigenvalue weighted by Gasteiger charge is 2.27. The van der Waals surface area contributed by atoms with Crippen molar-refractivity contribution in [1.29, 1.82) is 0 Å². The Morgan fingerprint density at radius 3 is 1.51 bits per heavy atom. The van der Waals surface area contributed by atoms with E-state index >= 15 is 0 Å². The summed E-state index contributed by atoms with van der Waals surface area (Å²) in [6.45, 7) is 46.1. The van der Waals surface area contributed by atoms with Gasteiger partial charge in [-0.2, -0.15) is 0 Å². The van der Waals surface area contributed by atoms with Crippen LogP contribution in [-0.2, 0) is 81.0 Å². The van der Waals surface area contributed by atoms with Crippen molar-refractivity contribution < 1.29 is 86.1 Å². The van der Waals surface area contributed by atoms with E-state index in [4.69, 9.17) is 49.6 Å². The summed E-state index contributed by atoms with van der Waals surface area (Å²) in [5, 5.41) is 16.2. The average molecular weight is 1380 g/mol. The van der Waals surface area contributed by atoms with Gasteiger partial charge in [-0.05, 0) is 146 Å². The lowest BCUT2D eigenvalue weighted by Gasteiger charge is -2.31. The van der Waals surface area contributed by atoms with Crippen LogP contribution in [0.4, 0.5) is 0 Å². The number of ether oxygens (including phenoxy) is 9. The summed E-state index contributed by atoms with van der Waals surface area (Å²) >= 11 is 0. The third-order valence-electron chi connectivity index (χ3n) is 13.9. The molecule has 6 aliphatic rings. The highest BCUT2D eigenvalue weighted by molar-refractivity contribution is 5.82. The van der Waals surface area contributed by atoms with Gasteiger partial charge in [0.15, 0.2) is 0 Å². The molecule has 0 radical (unpaired) electrons. The fourth-order valence-electron chi connectivity index (χ4n) is 9.18. The molecule has 6 aliphatic heterocycles. The lowest BCUT2D eigenvalue weighted by Crippen LogP contribution is -2.42. The Kier molecular flexibility index (Phi) is 72.4. The van der Waals surface area contributed by atoms with Crippen LogP contribution in [0.3, 0.4) is 0 Å². The largest absolute Gasteiger partial charge is 0.481 e. The van der Waals surface area contributed by atoms with Gasteiger partial charge in [-0.25, -0.2) is 6.57 Å². The third kappa shape index (κ3) is 63.7. The summed E-state index contributed by atoms with van der Waals surface area (Å²) in [5.41, 5.74) is 0. The topological polar surface area (TPSA) is 290 Å². The number of carbonyl (C=O) groups excluding carboxylic acids is 7. The minimum Gasteiger partial charge on any atom is -0.481 e. The number of hydrogen-bond acceptors (Lipinski definition) is 17. The minimum absolute atomic E-state index is 0.0492. The normalized spacial score (nSPS) is 20.8. The van der Waals surface area contributed by atoms with Crippen molar-refractivity contribution in [2.45, 2.75) is 275 Å². The molecule has 0 bridgehead atoms. The smallest absolute Gasteiger partial charge is 0.305 e. The molecule has 0 aromatic carbocycles. The number of likely N-dealkylation sites (N-methyl/N-ethyl adjacent to an activating group) is 1. The van der Waals surface area contributed by atoms with Gasteiger partial charge in [-0.1, -0.05) is 41.5 Å². The Balaban J connectivity index is -0.000000318. The summed E-state index contributed by atoms with van der Waals surface area (Å²) < 4.78 is 47.4. The lowest BCUT2D eigenvalue weighted by molar-refractivity contribution is -0.146. The second-order valence-electron chi connectivity index (χ2n) is 23.6. The Bertz CT molecular complexity index is 1910. The monoisotopic (exact) mass is 1380 g/mol. The summed E-state index contributed by atoms with van der Waals surface area (Å²) in [6.07, 6.45) is 17.9. The molecule has 0 aromatic heterocycles. The molecule has 6 unspecified atom stereocenters. The van der Waals surface area contributed by atoms with Crippen LogP contribution in [0.15, 0.2) is 0 Å². The molecule has 0 spiro atoms. The van der Waals surface area contributed by atoms with E-state index in [2.05, 4.69) is 39.4 Å². The molecule has 6 fully saturated rings. The van der Waals surface area contributed by atoms with Crippen molar-refractivity contribution in [3.8, 4) is 0 Å². The number of hydrogen-bond donors (Lipinski definition) is 4. The molecule has 6 saturated heterocycles. The van der Waals surface area contributed by atoms with Gasteiger partial charge in [0.2, 0.25) is 36.1 Å². The summed E-state index contributed by atoms with van der Waals surface area (Å²) in [5.74, 6) is 0.182. The van der Waals surface area contributed by atoms with Crippen LogP contribution >= 0.6 is 0 Å². The summed E-state index contributed by atoms with van der Waals surface area (Å²) in [7, 11) is 8.91.